The van der Waals surface area contributed by atoms with Gasteiger partial charge in [0.15, 0.2) is 6.35 Å². The van der Waals surface area contributed by atoms with Crippen LogP contribution in [-0.2, 0) is 12.9 Å². The number of ether oxygens (including phenoxy) is 1. The Morgan fingerprint density at radius 1 is 1.33 bits per heavy atom. The van der Waals surface area contributed by atoms with Crippen LogP contribution in [0.1, 0.15) is 6.92 Å². The molecule has 84 valence electrons. The van der Waals surface area contributed by atoms with E-state index in [0.717, 1.165) is 0 Å². The van der Waals surface area contributed by atoms with Crippen molar-refractivity contribution in [2.75, 3.05) is 13.0 Å². The van der Waals surface area contributed by atoms with Crippen LogP contribution < -0.4 is 4.52 Å². The second-order valence-corrected chi connectivity index (χ2v) is 5.38. The molecule has 0 saturated carbocycles. The Hall–Kier alpha value is -0.350. The molecule has 1 aromatic carbocycles. The molecule has 15 heavy (non-hydrogen) atoms. The maximum Gasteiger partial charge on any atom is 0.415 e. The van der Waals surface area contributed by atoms with Crippen LogP contribution in [0.25, 0.3) is 0 Å². The van der Waals surface area contributed by atoms with Gasteiger partial charge < -0.3 is 9.26 Å². The Morgan fingerprint density at radius 3 is 2.53 bits per heavy atom. The first-order valence-corrected chi connectivity index (χ1v) is 6.79. The van der Waals surface area contributed by atoms with Gasteiger partial charge in [-0.25, -0.2) is 8.18 Å². The molecule has 1 aromatic rings. The molecular formula is C9H12BrO4P. The highest BCUT2D eigenvalue weighted by Crippen LogP contribution is 2.49. The molecule has 0 aromatic heterocycles. The van der Waals surface area contributed by atoms with Gasteiger partial charge in [-0.2, -0.15) is 0 Å². The van der Waals surface area contributed by atoms with Gasteiger partial charge in [0.1, 0.15) is 22.0 Å². The standard InChI is InChI=1S/C9H12BrO4P/c1-2-12-8-15(11,14-10)13-9-6-4-3-5-7-9/h3-7H,2,8H2,1H3. The lowest BCUT2D eigenvalue weighted by atomic mass is 10.3. The van der Waals surface area contributed by atoms with Gasteiger partial charge >= 0.3 is 7.60 Å². The third-order valence-electron chi connectivity index (χ3n) is 1.55. The second kappa shape index (κ2) is 6.28. The topological polar surface area (TPSA) is 44.8 Å². The first-order valence-electron chi connectivity index (χ1n) is 4.42. The van der Waals surface area contributed by atoms with E-state index in [1.807, 2.05) is 6.07 Å². The molecule has 0 aliphatic rings. The molecule has 6 heteroatoms. The summed E-state index contributed by atoms with van der Waals surface area (Å²) >= 11 is 2.69. The van der Waals surface area contributed by atoms with Gasteiger partial charge in [-0.1, -0.05) is 18.2 Å². The number of hydrogen-bond donors (Lipinski definition) is 0. The number of para-hydroxylation sites is 1. The van der Waals surface area contributed by atoms with E-state index < -0.39 is 7.60 Å². The number of halogens is 1. The summed E-state index contributed by atoms with van der Waals surface area (Å²) < 4.78 is 26.8. The summed E-state index contributed by atoms with van der Waals surface area (Å²) in [5, 5.41) is 0. The van der Waals surface area contributed by atoms with Gasteiger partial charge in [-0.3, -0.25) is 0 Å². The summed E-state index contributed by atoms with van der Waals surface area (Å²) in [4.78, 5) is 0. The lowest BCUT2D eigenvalue weighted by Gasteiger charge is -2.15. The molecule has 0 fully saturated rings. The van der Waals surface area contributed by atoms with E-state index in [4.69, 9.17) is 9.26 Å². The first kappa shape index (κ1) is 12.7. The van der Waals surface area contributed by atoms with Gasteiger partial charge in [-0.05, 0) is 19.1 Å². The highest BCUT2D eigenvalue weighted by molar-refractivity contribution is 9.06. The van der Waals surface area contributed by atoms with E-state index in [0.29, 0.717) is 12.4 Å². The maximum atomic E-state index is 11.9. The lowest BCUT2D eigenvalue weighted by Crippen LogP contribution is -2.01. The van der Waals surface area contributed by atoms with Crippen molar-refractivity contribution in [1.82, 2.24) is 0 Å². The predicted molar refractivity (Wildman–Crippen MR) is 61.2 cm³/mol. The highest BCUT2D eigenvalue weighted by Gasteiger charge is 2.26. The largest absolute Gasteiger partial charge is 0.422 e. The van der Waals surface area contributed by atoms with Crippen LogP contribution in [0.3, 0.4) is 0 Å². The third-order valence-corrected chi connectivity index (χ3v) is 4.07. The summed E-state index contributed by atoms with van der Waals surface area (Å²) in [5.41, 5.74) is 0. The molecule has 0 aliphatic carbocycles. The van der Waals surface area contributed by atoms with Crippen molar-refractivity contribution in [3.05, 3.63) is 30.3 Å². The van der Waals surface area contributed by atoms with Crippen molar-refractivity contribution in [3.8, 4) is 5.75 Å². The lowest BCUT2D eigenvalue weighted by molar-refractivity contribution is 0.176. The van der Waals surface area contributed by atoms with E-state index in [1.165, 1.54) is 0 Å². The Labute approximate surface area is 97.5 Å². The van der Waals surface area contributed by atoms with Crippen LogP contribution in [0, 0.1) is 0 Å². The van der Waals surface area contributed by atoms with E-state index in [-0.39, 0.29) is 6.35 Å². The molecule has 0 heterocycles. The van der Waals surface area contributed by atoms with Gasteiger partial charge in [0.05, 0.1) is 0 Å². The summed E-state index contributed by atoms with van der Waals surface area (Å²) in [5.74, 6) is 0.486. The zero-order chi connectivity index (χ0) is 11.1. The minimum absolute atomic E-state index is 0.0797. The minimum atomic E-state index is -3.24. The molecule has 4 nitrogen and oxygen atoms in total. The van der Waals surface area contributed by atoms with E-state index >= 15 is 0 Å². The minimum Gasteiger partial charge on any atom is -0.422 e. The fraction of sp³-hybridized carbons (Fsp3) is 0.333. The first-order chi connectivity index (χ1) is 7.20. The Morgan fingerprint density at radius 2 is 2.00 bits per heavy atom. The zero-order valence-corrected chi connectivity index (χ0v) is 10.7. The molecule has 1 rings (SSSR count). The molecule has 1 atom stereocenters. The number of benzene rings is 1. The molecule has 0 saturated heterocycles. The molecule has 0 bridgehead atoms. The van der Waals surface area contributed by atoms with Crippen LogP contribution in [-0.4, -0.2) is 13.0 Å². The molecular weight excluding hydrogens is 283 g/mol. The van der Waals surface area contributed by atoms with E-state index in [1.54, 1.807) is 31.2 Å². The quantitative estimate of drug-likeness (QED) is 0.752. The fourth-order valence-corrected chi connectivity index (χ4v) is 2.30. The third kappa shape index (κ3) is 4.34. The molecule has 1 unspecified atom stereocenters. The molecule has 0 spiro atoms. The smallest absolute Gasteiger partial charge is 0.415 e. The van der Waals surface area contributed by atoms with Crippen molar-refractivity contribution < 1.29 is 17.4 Å². The Balaban J connectivity index is 2.64. The average molecular weight is 295 g/mol. The highest BCUT2D eigenvalue weighted by atomic mass is 79.9. The summed E-state index contributed by atoms with van der Waals surface area (Å²) in [6.45, 7) is 2.26. The van der Waals surface area contributed by atoms with Crippen LogP contribution >= 0.6 is 23.9 Å². The molecule has 0 N–H and O–H groups in total. The van der Waals surface area contributed by atoms with Crippen molar-refractivity contribution in [3.63, 3.8) is 0 Å². The molecule has 0 amide bonds. The van der Waals surface area contributed by atoms with Gasteiger partial charge in [0.2, 0.25) is 0 Å². The van der Waals surface area contributed by atoms with Crippen molar-refractivity contribution in [2.24, 2.45) is 0 Å². The van der Waals surface area contributed by atoms with Crippen LogP contribution in [0.4, 0.5) is 0 Å². The van der Waals surface area contributed by atoms with Gasteiger partial charge in [0, 0.05) is 6.61 Å². The predicted octanol–water partition coefficient (Wildman–Crippen LogP) is 3.58. The number of hydrogen-bond acceptors (Lipinski definition) is 4. The van der Waals surface area contributed by atoms with E-state index in [9.17, 15) is 4.57 Å². The van der Waals surface area contributed by atoms with Gasteiger partial charge in [-0.15, -0.1) is 0 Å². The summed E-state index contributed by atoms with van der Waals surface area (Å²) in [6.07, 6.45) is -0.0797. The fourth-order valence-electron chi connectivity index (χ4n) is 0.905. The van der Waals surface area contributed by atoms with Crippen LogP contribution in [0.2, 0.25) is 0 Å². The second-order valence-electron chi connectivity index (χ2n) is 2.71. The van der Waals surface area contributed by atoms with Crippen LogP contribution in [0.15, 0.2) is 30.3 Å². The molecule has 0 aliphatic heterocycles. The SMILES string of the molecule is CCOCP(=O)(OBr)Oc1ccccc1. The number of rotatable bonds is 6. The summed E-state index contributed by atoms with van der Waals surface area (Å²) in [6, 6.07) is 8.81. The Bertz CT molecular complexity index is 330. The van der Waals surface area contributed by atoms with Crippen molar-refractivity contribution in [2.45, 2.75) is 6.92 Å². The summed E-state index contributed by atoms with van der Waals surface area (Å²) in [7, 11) is -3.24. The normalized spacial score (nSPS) is 14.5. The monoisotopic (exact) mass is 294 g/mol. The Kier molecular flexibility index (Phi) is 5.32. The van der Waals surface area contributed by atoms with Crippen LogP contribution in [0.5, 0.6) is 5.75 Å². The maximum absolute atomic E-state index is 11.9. The molecule has 0 radical (unpaired) electrons. The van der Waals surface area contributed by atoms with Gasteiger partial charge in [0.25, 0.3) is 0 Å². The van der Waals surface area contributed by atoms with Crippen molar-refractivity contribution in [1.29, 1.82) is 0 Å². The van der Waals surface area contributed by atoms with E-state index in [2.05, 4.69) is 19.9 Å². The van der Waals surface area contributed by atoms with Crippen molar-refractivity contribution >= 4 is 23.9 Å². The average Bonchev–Trinajstić information content (AvgIpc) is 2.28. The zero-order valence-electron chi connectivity index (χ0n) is 8.26.